The molecule has 8 saturated carbocycles. The molecule has 12 atom stereocenters. The molecule has 0 radical (unpaired) electrons. The summed E-state index contributed by atoms with van der Waals surface area (Å²) in [4.78, 5) is 5.22. The van der Waals surface area contributed by atoms with Crippen LogP contribution in [0.15, 0.2) is 0 Å². The van der Waals surface area contributed by atoms with E-state index in [0.717, 1.165) is 0 Å². The zero-order valence-electron chi connectivity index (χ0n) is 18.6. The molecule has 0 aromatic carbocycles. The molecule has 0 aromatic heterocycles. The van der Waals surface area contributed by atoms with Gasteiger partial charge < -0.3 is 0 Å². The van der Waals surface area contributed by atoms with E-state index in [4.69, 9.17) is 0 Å². The first-order valence-electron chi connectivity index (χ1n) is 13.9. The molecule has 164 valence electrons. The summed E-state index contributed by atoms with van der Waals surface area (Å²) in [5.41, 5.74) is 0. The second kappa shape index (κ2) is 6.31. The molecular formula is C28H44Fe. The van der Waals surface area contributed by atoms with Gasteiger partial charge in [0.25, 0.3) is 0 Å². The Labute approximate surface area is 182 Å². The van der Waals surface area contributed by atoms with Crippen LogP contribution in [-0.2, 0) is 12.8 Å². The van der Waals surface area contributed by atoms with Crippen molar-refractivity contribution in [2.24, 2.45) is 47.3 Å². The molecule has 0 saturated heterocycles. The standard InChI is InChI=1S/4C7H11.Fe/c4*1-2-7-4-3-6(1)5-7;/h4*1,6-7H,2-5H2;. The summed E-state index contributed by atoms with van der Waals surface area (Å²) in [6.45, 7) is 0. The Morgan fingerprint density at radius 2 is 0.586 bits per heavy atom. The topological polar surface area (TPSA) is 0 Å². The first-order valence-corrected chi connectivity index (χ1v) is 16.5. The van der Waals surface area contributed by atoms with Crippen molar-refractivity contribution >= 4 is 0 Å². The number of hydrogen-bond donors (Lipinski definition) is 0. The first kappa shape index (κ1) is 18.0. The van der Waals surface area contributed by atoms with Crippen molar-refractivity contribution in [3.63, 3.8) is 0 Å². The van der Waals surface area contributed by atoms with E-state index in [-0.39, 0.29) is 0 Å². The molecule has 0 N–H and O–H groups in total. The third-order valence-corrected chi connectivity index (χ3v) is 21.2. The van der Waals surface area contributed by atoms with E-state index >= 15 is 0 Å². The fourth-order valence-electron chi connectivity index (χ4n) is 11.5. The number of hydrogen-bond acceptors (Lipinski definition) is 0. The maximum atomic E-state index is 1.75. The molecule has 8 aliphatic carbocycles. The Kier molecular flexibility index (Phi) is 3.92. The zero-order chi connectivity index (χ0) is 18.7. The van der Waals surface area contributed by atoms with Gasteiger partial charge in [0.05, 0.1) is 0 Å². The predicted molar refractivity (Wildman–Crippen MR) is 117 cm³/mol. The van der Waals surface area contributed by atoms with Gasteiger partial charge in [-0.15, -0.1) is 0 Å². The van der Waals surface area contributed by atoms with E-state index in [1.54, 1.807) is 103 Å². The Morgan fingerprint density at radius 3 is 0.759 bits per heavy atom. The Morgan fingerprint density at radius 1 is 0.310 bits per heavy atom. The van der Waals surface area contributed by atoms with Crippen molar-refractivity contribution in [3.8, 4) is 0 Å². The Hall–Kier alpha value is 0.519. The van der Waals surface area contributed by atoms with E-state index in [0.29, 0.717) is 0 Å². The minimum absolute atomic E-state index is 1.07. The van der Waals surface area contributed by atoms with Crippen molar-refractivity contribution in [2.45, 2.75) is 122 Å². The summed E-state index contributed by atoms with van der Waals surface area (Å²) in [5, 5.41) is 0. The van der Waals surface area contributed by atoms with Gasteiger partial charge in [0.1, 0.15) is 0 Å². The second-order valence-electron chi connectivity index (χ2n) is 13.4. The SMILES string of the molecule is C1CC2CC1C[CH]2[Fe]([CH]1CC2CCC1C2)([CH]1CC2CCC1C2)[CH]1CC2CCC1C2. The van der Waals surface area contributed by atoms with Crippen LogP contribution in [-0.4, -0.2) is 0 Å². The first-order chi connectivity index (χ1) is 14.3. The van der Waals surface area contributed by atoms with E-state index in [2.05, 4.69) is 0 Å². The van der Waals surface area contributed by atoms with Crippen molar-refractivity contribution in [3.05, 3.63) is 0 Å². The van der Waals surface area contributed by atoms with Crippen LogP contribution >= 0.6 is 0 Å². The molecule has 8 fully saturated rings. The molecule has 0 aliphatic heterocycles. The van der Waals surface area contributed by atoms with E-state index in [9.17, 15) is 0 Å². The molecule has 0 aromatic rings. The summed E-state index contributed by atoms with van der Waals surface area (Å²) in [6.07, 6.45) is 27.0. The summed E-state index contributed by atoms with van der Waals surface area (Å²) >= 11 is -1.07. The van der Waals surface area contributed by atoms with Crippen molar-refractivity contribution < 1.29 is 12.8 Å². The summed E-state index contributed by atoms with van der Waals surface area (Å²) in [7, 11) is 0. The molecule has 0 amide bonds. The Balaban J connectivity index is 1.29. The van der Waals surface area contributed by atoms with Gasteiger partial charge in [-0.3, -0.25) is 0 Å². The summed E-state index contributed by atoms with van der Waals surface area (Å²) in [6, 6.07) is 0. The van der Waals surface area contributed by atoms with Crippen LogP contribution in [0, 0.1) is 47.3 Å². The van der Waals surface area contributed by atoms with Crippen molar-refractivity contribution in [1.29, 1.82) is 0 Å². The van der Waals surface area contributed by atoms with E-state index in [1.165, 1.54) is 66.6 Å². The third kappa shape index (κ3) is 2.34. The fourth-order valence-corrected chi connectivity index (χ4v) is 23.4. The monoisotopic (exact) mass is 436 g/mol. The van der Waals surface area contributed by atoms with Crippen LogP contribution in [0.1, 0.15) is 103 Å². The predicted octanol–water partition coefficient (Wildman–Crippen LogP) is 8.57. The van der Waals surface area contributed by atoms with Crippen molar-refractivity contribution in [2.75, 3.05) is 0 Å². The average Bonchev–Trinajstić information content (AvgIpc) is 3.58. The minimum atomic E-state index is -1.07. The molecule has 8 bridgehead atoms. The van der Waals surface area contributed by atoms with Crippen LogP contribution in [0.25, 0.3) is 0 Å². The molecular weight excluding hydrogens is 392 g/mol. The number of rotatable bonds is 4. The normalized spacial score (nSPS) is 62.3. The fraction of sp³-hybridized carbons (Fsp3) is 1.00. The molecule has 29 heavy (non-hydrogen) atoms. The zero-order valence-corrected chi connectivity index (χ0v) is 19.7. The van der Waals surface area contributed by atoms with Crippen LogP contribution in [0.3, 0.4) is 0 Å². The molecule has 8 rings (SSSR count). The van der Waals surface area contributed by atoms with Crippen LogP contribution in [0.2, 0.25) is 19.3 Å². The molecule has 0 heterocycles. The van der Waals surface area contributed by atoms with Gasteiger partial charge in [0.15, 0.2) is 0 Å². The molecule has 8 aliphatic rings. The summed E-state index contributed by atoms with van der Waals surface area (Å²) in [5.74, 6) is 9.62. The van der Waals surface area contributed by atoms with E-state index in [1.807, 2.05) is 0 Å². The third-order valence-electron chi connectivity index (χ3n) is 12.4. The van der Waals surface area contributed by atoms with Crippen molar-refractivity contribution in [1.82, 2.24) is 0 Å². The van der Waals surface area contributed by atoms with Gasteiger partial charge >= 0.3 is 182 Å². The number of fused-ring (bicyclic) bond motifs is 8. The molecule has 1 heteroatoms. The maximum absolute atomic E-state index is 1.75. The quantitative estimate of drug-likeness (QED) is 0.387. The average molecular weight is 437 g/mol. The van der Waals surface area contributed by atoms with Gasteiger partial charge in [-0.1, -0.05) is 0 Å². The Bertz CT molecular complexity index is 566. The van der Waals surface area contributed by atoms with Gasteiger partial charge in [0.2, 0.25) is 0 Å². The second-order valence-corrected chi connectivity index (χ2v) is 18.9. The summed E-state index contributed by atoms with van der Waals surface area (Å²) < 4.78 is 0. The van der Waals surface area contributed by atoms with E-state index < -0.39 is 12.8 Å². The molecule has 12 unspecified atom stereocenters. The van der Waals surface area contributed by atoms with Crippen LogP contribution < -0.4 is 0 Å². The molecule has 0 nitrogen and oxygen atoms in total. The van der Waals surface area contributed by atoms with Crippen LogP contribution in [0.5, 0.6) is 0 Å². The van der Waals surface area contributed by atoms with Gasteiger partial charge in [-0.05, 0) is 0 Å². The van der Waals surface area contributed by atoms with Gasteiger partial charge in [-0.25, -0.2) is 0 Å². The van der Waals surface area contributed by atoms with Crippen LogP contribution in [0.4, 0.5) is 0 Å². The van der Waals surface area contributed by atoms with Gasteiger partial charge in [-0.2, -0.15) is 0 Å². The molecule has 0 spiro atoms. The van der Waals surface area contributed by atoms with Gasteiger partial charge in [0, 0.05) is 0 Å².